The number of benzene rings is 1. The van der Waals surface area contributed by atoms with Crippen molar-refractivity contribution in [3.05, 3.63) is 40.9 Å². The van der Waals surface area contributed by atoms with E-state index in [1.54, 1.807) is 19.9 Å². The van der Waals surface area contributed by atoms with E-state index in [-0.39, 0.29) is 5.78 Å². The predicted molar refractivity (Wildman–Crippen MR) is 59.6 cm³/mol. The van der Waals surface area contributed by atoms with E-state index in [0.29, 0.717) is 10.8 Å². The maximum absolute atomic E-state index is 11.5. The van der Waals surface area contributed by atoms with Gasteiger partial charge in [0.2, 0.25) is 5.78 Å². The second-order valence-corrected chi connectivity index (χ2v) is 4.37. The molecule has 2 nitrogen and oxygen atoms in total. The zero-order chi connectivity index (χ0) is 11.1. The lowest BCUT2D eigenvalue weighted by atomic mass is 10.1. The SMILES string of the molecule is CC1(C)OC(c2ccccc2Cl)=CC1=O. The average molecular weight is 223 g/mol. The summed E-state index contributed by atoms with van der Waals surface area (Å²) in [6.07, 6.45) is 1.50. The minimum absolute atomic E-state index is 0.0302. The lowest BCUT2D eigenvalue weighted by Crippen LogP contribution is -2.27. The summed E-state index contributed by atoms with van der Waals surface area (Å²) in [4.78, 5) is 11.5. The van der Waals surface area contributed by atoms with Crippen LogP contribution in [0, 0.1) is 0 Å². The summed E-state index contributed by atoms with van der Waals surface area (Å²) in [5.41, 5.74) is -0.00722. The van der Waals surface area contributed by atoms with Gasteiger partial charge in [0.05, 0.1) is 5.02 Å². The number of rotatable bonds is 1. The molecule has 1 aromatic carbocycles. The quantitative estimate of drug-likeness (QED) is 0.730. The van der Waals surface area contributed by atoms with Crippen LogP contribution in [0.5, 0.6) is 0 Å². The average Bonchev–Trinajstić information content (AvgIpc) is 2.42. The van der Waals surface area contributed by atoms with E-state index in [0.717, 1.165) is 5.56 Å². The van der Waals surface area contributed by atoms with Crippen LogP contribution in [0.2, 0.25) is 5.02 Å². The highest BCUT2D eigenvalue weighted by atomic mass is 35.5. The first-order valence-electron chi connectivity index (χ1n) is 4.71. The number of ketones is 1. The fourth-order valence-electron chi connectivity index (χ4n) is 1.44. The van der Waals surface area contributed by atoms with Crippen LogP contribution in [0.15, 0.2) is 30.3 Å². The van der Waals surface area contributed by atoms with Crippen LogP contribution in [0.3, 0.4) is 0 Å². The summed E-state index contributed by atoms with van der Waals surface area (Å²) in [6, 6.07) is 7.31. The molecular weight excluding hydrogens is 212 g/mol. The molecule has 0 aliphatic carbocycles. The molecule has 0 radical (unpaired) electrons. The van der Waals surface area contributed by atoms with Gasteiger partial charge in [-0.05, 0) is 26.0 Å². The third-order valence-corrected chi connectivity index (χ3v) is 2.69. The molecule has 0 atom stereocenters. The first-order chi connectivity index (χ1) is 7.00. The Morgan fingerprint density at radius 1 is 1.27 bits per heavy atom. The van der Waals surface area contributed by atoms with Crippen LogP contribution in [0.1, 0.15) is 19.4 Å². The number of carbonyl (C=O) groups is 1. The van der Waals surface area contributed by atoms with Crippen molar-refractivity contribution in [3.8, 4) is 0 Å². The van der Waals surface area contributed by atoms with Gasteiger partial charge < -0.3 is 4.74 Å². The van der Waals surface area contributed by atoms with Gasteiger partial charge in [0.15, 0.2) is 5.60 Å². The molecule has 1 aromatic rings. The Labute approximate surface area is 93.5 Å². The number of ether oxygens (including phenoxy) is 1. The maximum atomic E-state index is 11.5. The largest absolute Gasteiger partial charge is 0.479 e. The van der Waals surface area contributed by atoms with Crippen molar-refractivity contribution in [2.75, 3.05) is 0 Å². The van der Waals surface area contributed by atoms with Crippen LogP contribution < -0.4 is 0 Å². The van der Waals surface area contributed by atoms with E-state index >= 15 is 0 Å². The molecule has 0 unspecified atom stereocenters. The summed E-state index contributed by atoms with van der Waals surface area (Å²) < 4.78 is 5.56. The lowest BCUT2D eigenvalue weighted by molar-refractivity contribution is -0.125. The molecule has 0 amide bonds. The molecule has 1 heterocycles. The summed E-state index contributed by atoms with van der Waals surface area (Å²) >= 11 is 6.01. The number of carbonyl (C=O) groups excluding carboxylic acids is 1. The molecule has 0 aromatic heterocycles. The second kappa shape index (κ2) is 3.38. The van der Waals surface area contributed by atoms with Gasteiger partial charge in [0.1, 0.15) is 5.76 Å². The van der Waals surface area contributed by atoms with Gasteiger partial charge >= 0.3 is 0 Å². The summed E-state index contributed by atoms with van der Waals surface area (Å²) in [5, 5.41) is 0.592. The van der Waals surface area contributed by atoms with E-state index in [1.165, 1.54) is 6.08 Å². The molecule has 78 valence electrons. The van der Waals surface area contributed by atoms with Gasteiger partial charge in [0, 0.05) is 11.6 Å². The molecule has 0 N–H and O–H groups in total. The summed E-state index contributed by atoms with van der Waals surface area (Å²) in [6.45, 7) is 3.49. The Balaban J connectivity index is 2.40. The Bertz CT molecular complexity index is 447. The Morgan fingerprint density at radius 3 is 2.47 bits per heavy atom. The Kier molecular flexibility index (Phi) is 2.31. The molecule has 1 aliphatic rings. The van der Waals surface area contributed by atoms with Crippen molar-refractivity contribution >= 4 is 23.1 Å². The molecule has 3 heteroatoms. The van der Waals surface area contributed by atoms with E-state index in [4.69, 9.17) is 16.3 Å². The minimum atomic E-state index is -0.769. The monoisotopic (exact) mass is 222 g/mol. The molecule has 15 heavy (non-hydrogen) atoms. The van der Waals surface area contributed by atoms with E-state index in [1.807, 2.05) is 18.2 Å². The molecule has 0 fully saturated rings. The van der Waals surface area contributed by atoms with Crippen molar-refractivity contribution in [1.82, 2.24) is 0 Å². The fourth-order valence-corrected chi connectivity index (χ4v) is 1.67. The molecular formula is C12H11ClO2. The van der Waals surface area contributed by atoms with Crippen LogP contribution in [0.25, 0.3) is 5.76 Å². The van der Waals surface area contributed by atoms with Crippen molar-refractivity contribution in [1.29, 1.82) is 0 Å². The van der Waals surface area contributed by atoms with Crippen molar-refractivity contribution in [3.63, 3.8) is 0 Å². The van der Waals surface area contributed by atoms with Gasteiger partial charge in [-0.3, -0.25) is 4.79 Å². The van der Waals surface area contributed by atoms with Gasteiger partial charge in [0.25, 0.3) is 0 Å². The molecule has 0 bridgehead atoms. The fraction of sp³-hybridized carbons (Fsp3) is 0.250. The van der Waals surface area contributed by atoms with Crippen molar-refractivity contribution < 1.29 is 9.53 Å². The highest BCUT2D eigenvalue weighted by Gasteiger charge is 2.35. The van der Waals surface area contributed by atoms with Crippen LogP contribution >= 0.6 is 11.6 Å². The highest BCUT2D eigenvalue weighted by molar-refractivity contribution is 6.32. The first kappa shape index (κ1) is 10.2. The van der Waals surface area contributed by atoms with Gasteiger partial charge in [-0.25, -0.2) is 0 Å². The van der Waals surface area contributed by atoms with Crippen LogP contribution in [0.4, 0.5) is 0 Å². The molecule has 0 saturated heterocycles. The Hall–Kier alpha value is -1.28. The van der Waals surface area contributed by atoms with Crippen molar-refractivity contribution in [2.24, 2.45) is 0 Å². The Morgan fingerprint density at radius 2 is 1.93 bits per heavy atom. The minimum Gasteiger partial charge on any atom is -0.479 e. The molecule has 0 saturated carbocycles. The highest BCUT2D eigenvalue weighted by Crippen LogP contribution is 2.33. The topological polar surface area (TPSA) is 26.3 Å². The number of halogens is 1. The van der Waals surface area contributed by atoms with E-state index in [9.17, 15) is 4.79 Å². The first-order valence-corrected chi connectivity index (χ1v) is 5.08. The second-order valence-electron chi connectivity index (χ2n) is 3.97. The summed E-state index contributed by atoms with van der Waals surface area (Å²) in [5.74, 6) is 0.521. The normalized spacial score (nSPS) is 18.6. The van der Waals surface area contributed by atoms with Gasteiger partial charge in [-0.1, -0.05) is 23.7 Å². The van der Waals surface area contributed by atoms with E-state index in [2.05, 4.69) is 0 Å². The number of hydrogen-bond donors (Lipinski definition) is 0. The number of hydrogen-bond acceptors (Lipinski definition) is 2. The lowest BCUT2D eigenvalue weighted by Gasteiger charge is -2.18. The predicted octanol–water partition coefficient (Wildman–Crippen LogP) is 3.06. The standard InChI is InChI=1S/C12H11ClO2/c1-12(2)11(14)7-10(15-12)8-5-3-4-6-9(8)13/h3-7H,1-2H3. The van der Waals surface area contributed by atoms with Crippen LogP contribution in [-0.4, -0.2) is 11.4 Å². The zero-order valence-corrected chi connectivity index (χ0v) is 9.34. The van der Waals surface area contributed by atoms with Gasteiger partial charge in [-0.15, -0.1) is 0 Å². The smallest absolute Gasteiger partial charge is 0.202 e. The summed E-state index contributed by atoms with van der Waals surface area (Å²) in [7, 11) is 0. The third kappa shape index (κ3) is 1.77. The molecule has 0 spiro atoms. The third-order valence-electron chi connectivity index (χ3n) is 2.36. The van der Waals surface area contributed by atoms with Gasteiger partial charge in [-0.2, -0.15) is 0 Å². The van der Waals surface area contributed by atoms with Crippen LogP contribution in [-0.2, 0) is 9.53 Å². The van der Waals surface area contributed by atoms with Crippen molar-refractivity contribution in [2.45, 2.75) is 19.4 Å². The zero-order valence-electron chi connectivity index (χ0n) is 8.58. The maximum Gasteiger partial charge on any atom is 0.202 e. The van der Waals surface area contributed by atoms with E-state index < -0.39 is 5.60 Å². The molecule has 2 rings (SSSR count). The molecule has 1 aliphatic heterocycles.